The molecule has 1 rings (SSSR count). The number of benzene rings is 1. The van der Waals surface area contributed by atoms with E-state index in [0.29, 0.717) is 0 Å². The predicted molar refractivity (Wildman–Crippen MR) is 75.0 cm³/mol. The molecule has 1 N–H and O–H groups in total. The molecule has 1 aromatic rings. The Kier molecular flexibility index (Phi) is 5.87. The summed E-state index contributed by atoms with van der Waals surface area (Å²) in [6.07, 6.45) is 1.10. The number of halogens is 1. The van der Waals surface area contributed by atoms with E-state index in [9.17, 15) is 4.79 Å². The number of nitrogens with one attached hydrogen (secondary N) is 1. The molecule has 0 heterocycles. The van der Waals surface area contributed by atoms with Gasteiger partial charge in [-0.15, -0.1) is 0 Å². The SMILES string of the molecule is CCC(C)NC(=O)CC(C#N)c1ccc(Br)cc1. The van der Waals surface area contributed by atoms with Crippen molar-refractivity contribution in [2.24, 2.45) is 0 Å². The summed E-state index contributed by atoms with van der Waals surface area (Å²) in [7, 11) is 0. The van der Waals surface area contributed by atoms with Crippen LogP contribution >= 0.6 is 15.9 Å². The van der Waals surface area contributed by atoms with Gasteiger partial charge in [0.25, 0.3) is 0 Å². The minimum absolute atomic E-state index is 0.0705. The fourth-order valence-corrected chi connectivity index (χ4v) is 1.82. The number of carbonyl (C=O) groups excluding carboxylic acids is 1. The molecule has 1 aromatic carbocycles. The fourth-order valence-electron chi connectivity index (χ4n) is 1.55. The Labute approximate surface area is 116 Å². The first kappa shape index (κ1) is 14.7. The Hall–Kier alpha value is -1.34. The summed E-state index contributed by atoms with van der Waals surface area (Å²) in [5, 5.41) is 12.0. The van der Waals surface area contributed by atoms with Crippen LogP contribution in [-0.2, 0) is 4.79 Å². The molecule has 0 bridgehead atoms. The number of hydrogen-bond donors (Lipinski definition) is 1. The van der Waals surface area contributed by atoms with E-state index in [1.807, 2.05) is 38.1 Å². The maximum Gasteiger partial charge on any atom is 0.221 e. The van der Waals surface area contributed by atoms with Gasteiger partial charge in [-0.05, 0) is 31.0 Å². The largest absolute Gasteiger partial charge is 0.354 e. The lowest BCUT2D eigenvalue weighted by atomic mass is 9.97. The molecule has 0 spiro atoms. The number of carbonyl (C=O) groups is 1. The van der Waals surface area contributed by atoms with Crippen molar-refractivity contribution in [2.45, 2.75) is 38.6 Å². The molecular formula is C14H17BrN2O. The molecule has 0 aliphatic rings. The van der Waals surface area contributed by atoms with Gasteiger partial charge in [0.15, 0.2) is 0 Å². The summed E-state index contributed by atoms with van der Waals surface area (Å²) in [5.74, 6) is -0.457. The number of hydrogen-bond acceptors (Lipinski definition) is 2. The van der Waals surface area contributed by atoms with E-state index in [1.165, 1.54) is 0 Å². The van der Waals surface area contributed by atoms with E-state index >= 15 is 0 Å². The molecular weight excluding hydrogens is 292 g/mol. The highest BCUT2D eigenvalue weighted by atomic mass is 79.9. The topological polar surface area (TPSA) is 52.9 Å². The quantitative estimate of drug-likeness (QED) is 0.906. The molecule has 0 aromatic heterocycles. The van der Waals surface area contributed by atoms with Crippen LogP contribution in [0, 0.1) is 11.3 Å². The molecule has 0 radical (unpaired) electrons. The van der Waals surface area contributed by atoms with Gasteiger partial charge in [0.1, 0.15) is 0 Å². The highest BCUT2D eigenvalue weighted by molar-refractivity contribution is 9.10. The third kappa shape index (κ3) is 4.50. The van der Waals surface area contributed by atoms with Crippen molar-refractivity contribution >= 4 is 21.8 Å². The number of nitriles is 1. The Balaban J connectivity index is 2.65. The molecule has 0 saturated heterocycles. The summed E-state index contributed by atoms with van der Waals surface area (Å²) in [6, 6.07) is 9.84. The van der Waals surface area contributed by atoms with E-state index in [1.54, 1.807) is 0 Å². The maximum atomic E-state index is 11.8. The van der Waals surface area contributed by atoms with Crippen molar-refractivity contribution in [1.82, 2.24) is 5.32 Å². The van der Waals surface area contributed by atoms with E-state index < -0.39 is 0 Å². The second-order valence-corrected chi connectivity index (χ2v) is 5.23. The molecule has 4 heteroatoms. The second kappa shape index (κ2) is 7.17. The van der Waals surface area contributed by atoms with Crippen LogP contribution in [0.1, 0.15) is 38.2 Å². The first-order chi connectivity index (χ1) is 8.56. The summed E-state index contributed by atoms with van der Waals surface area (Å²) in [6.45, 7) is 3.97. The lowest BCUT2D eigenvalue weighted by Gasteiger charge is -2.14. The Bertz CT molecular complexity index is 436. The summed E-state index contributed by atoms with van der Waals surface area (Å²) < 4.78 is 0.965. The smallest absolute Gasteiger partial charge is 0.221 e. The molecule has 3 nitrogen and oxygen atoms in total. The molecule has 2 atom stereocenters. The third-order valence-electron chi connectivity index (χ3n) is 2.84. The van der Waals surface area contributed by atoms with E-state index in [4.69, 9.17) is 5.26 Å². The van der Waals surface area contributed by atoms with Gasteiger partial charge in [0, 0.05) is 16.9 Å². The summed E-state index contributed by atoms with van der Waals surface area (Å²) in [5.41, 5.74) is 0.875. The van der Waals surface area contributed by atoms with Crippen molar-refractivity contribution in [3.63, 3.8) is 0 Å². The van der Waals surface area contributed by atoms with Crippen LogP contribution < -0.4 is 5.32 Å². The van der Waals surface area contributed by atoms with E-state index in [-0.39, 0.29) is 24.3 Å². The minimum Gasteiger partial charge on any atom is -0.354 e. The van der Waals surface area contributed by atoms with Crippen LogP contribution in [-0.4, -0.2) is 11.9 Å². The minimum atomic E-state index is -0.387. The highest BCUT2D eigenvalue weighted by Crippen LogP contribution is 2.21. The lowest BCUT2D eigenvalue weighted by Crippen LogP contribution is -2.32. The van der Waals surface area contributed by atoms with Crippen molar-refractivity contribution in [3.05, 3.63) is 34.3 Å². The molecule has 0 aliphatic carbocycles. The molecule has 0 saturated carbocycles. The molecule has 18 heavy (non-hydrogen) atoms. The van der Waals surface area contributed by atoms with E-state index in [2.05, 4.69) is 27.3 Å². The first-order valence-electron chi connectivity index (χ1n) is 6.01. The fraction of sp³-hybridized carbons (Fsp3) is 0.429. The van der Waals surface area contributed by atoms with Crippen LogP contribution in [0.5, 0.6) is 0 Å². The average Bonchev–Trinajstić information content (AvgIpc) is 2.37. The van der Waals surface area contributed by atoms with Gasteiger partial charge in [-0.2, -0.15) is 5.26 Å². The van der Waals surface area contributed by atoms with Gasteiger partial charge in [0.2, 0.25) is 5.91 Å². The number of amides is 1. The van der Waals surface area contributed by atoms with E-state index in [0.717, 1.165) is 16.5 Å². The average molecular weight is 309 g/mol. The van der Waals surface area contributed by atoms with Gasteiger partial charge in [-0.25, -0.2) is 0 Å². The monoisotopic (exact) mass is 308 g/mol. The summed E-state index contributed by atoms with van der Waals surface area (Å²) in [4.78, 5) is 11.8. The van der Waals surface area contributed by atoms with Crippen LogP contribution in [0.2, 0.25) is 0 Å². The third-order valence-corrected chi connectivity index (χ3v) is 3.37. The van der Waals surface area contributed by atoms with Crippen LogP contribution in [0.4, 0.5) is 0 Å². The van der Waals surface area contributed by atoms with Gasteiger partial charge in [-0.1, -0.05) is 35.0 Å². The van der Waals surface area contributed by atoms with Gasteiger partial charge in [0.05, 0.1) is 12.0 Å². The van der Waals surface area contributed by atoms with Crippen molar-refractivity contribution < 1.29 is 4.79 Å². The Morgan fingerprint density at radius 1 is 1.44 bits per heavy atom. The number of rotatable bonds is 5. The first-order valence-corrected chi connectivity index (χ1v) is 6.80. The zero-order chi connectivity index (χ0) is 13.5. The van der Waals surface area contributed by atoms with Gasteiger partial charge < -0.3 is 5.32 Å². The highest BCUT2D eigenvalue weighted by Gasteiger charge is 2.16. The molecule has 96 valence electrons. The van der Waals surface area contributed by atoms with Crippen LogP contribution in [0.15, 0.2) is 28.7 Å². The molecule has 0 fully saturated rings. The lowest BCUT2D eigenvalue weighted by molar-refractivity contribution is -0.121. The Morgan fingerprint density at radius 3 is 2.56 bits per heavy atom. The zero-order valence-electron chi connectivity index (χ0n) is 10.6. The molecule has 0 aliphatic heterocycles. The van der Waals surface area contributed by atoms with Gasteiger partial charge in [-0.3, -0.25) is 4.79 Å². The molecule has 1 amide bonds. The molecule has 2 unspecified atom stereocenters. The van der Waals surface area contributed by atoms with Crippen molar-refractivity contribution in [1.29, 1.82) is 5.26 Å². The summed E-state index contributed by atoms with van der Waals surface area (Å²) >= 11 is 3.35. The maximum absolute atomic E-state index is 11.8. The second-order valence-electron chi connectivity index (χ2n) is 4.31. The van der Waals surface area contributed by atoms with Crippen molar-refractivity contribution in [2.75, 3.05) is 0 Å². The standard InChI is InChI=1S/C14H17BrN2O/c1-3-10(2)17-14(18)8-12(9-16)11-4-6-13(15)7-5-11/h4-7,10,12H,3,8H2,1-2H3,(H,17,18). The normalized spacial score (nSPS) is 13.4. The van der Waals surface area contributed by atoms with Crippen LogP contribution in [0.3, 0.4) is 0 Å². The van der Waals surface area contributed by atoms with Crippen molar-refractivity contribution in [3.8, 4) is 6.07 Å². The van der Waals surface area contributed by atoms with Gasteiger partial charge >= 0.3 is 0 Å². The predicted octanol–water partition coefficient (Wildman–Crippen LogP) is 3.36. The van der Waals surface area contributed by atoms with Crippen LogP contribution in [0.25, 0.3) is 0 Å². The zero-order valence-corrected chi connectivity index (χ0v) is 12.2. The number of nitrogens with zero attached hydrogens (tertiary/aromatic N) is 1. The Morgan fingerprint density at radius 2 is 2.06 bits per heavy atom.